The highest BCUT2D eigenvalue weighted by atomic mass is 19.1. The quantitative estimate of drug-likeness (QED) is 0.907. The Kier molecular flexibility index (Phi) is 3.16. The lowest BCUT2D eigenvalue weighted by atomic mass is 10.1. The molecule has 0 radical (unpaired) electrons. The van der Waals surface area contributed by atoms with Crippen molar-refractivity contribution in [3.63, 3.8) is 0 Å². The molecule has 2 N–H and O–H groups in total. The Bertz CT molecular complexity index is 734. The largest absolute Gasteiger partial charge is 0.480 e. The van der Waals surface area contributed by atoms with Crippen LogP contribution >= 0.6 is 0 Å². The number of halogens is 1. The van der Waals surface area contributed by atoms with Gasteiger partial charge in [0.15, 0.2) is 0 Å². The molecule has 1 aliphatic rings. The molecule has 1 aliphatic carbocycles. The van der Waals surface area contributed by atoms with Gasteiger partial charge in [-0.3, -0.25) is 9.59 Å². The zero-order chi connectivity index (χ0) is 15.1. The van der Waals surface area contributed by atoms with Crippen LogP contribution in [0.2, 0.25) is 0 Å². The zero-order valence-electron chi connectivity index (χ0n) is 11.5. The number of aromatic amines is 1. The monoisotopic (exact) mass is 290 g/mol. The molecule has 2 aromatic rings. The van der Waals surface area contributed by atoms with Gasteiger partial charge in [-0.2, -0.15) is 0 Å². The summed E-state index contributed by atoms with van der Waals surface area (Å²) < 4.78 is 13.4. The van der Waals surface area contributed by atoms with Crippen molar-refractivity contribution in [2.24, 2.45) is 0 Å². The van der Waals surface area contributed by atoms with Crippen LogP contribution in [0.25, 0.3) is 10.9 Å². The van der Waals surface area contributed by atoms with E-state index in [-0.39, 0.29) is 24.3 Å². The number of aromatic nitrogens is 1. The van der Waals surface area contributed by atoms with E-state index in [1.165, 1.54) is 17.0 Å². The number of hydrogen-bond donors (Lipinski definition) is 2. The molecular formula is C15H15FN2O3. The van der Waals surface area contributed by atoms with Gasteiger partial charge in [0, 0.05) is 16.9 Å². The fourth-order valence-corrected chi connectivity index (χ4v) is 2.54. The standard InChI is InChI=1S/C15H15FN2O3/c1-8-4-9(16)5-12-11(8)6-13(17-12)15(21)18(7-14(19)20)10-2-3-10/h4-6,10,17H,2-3,7H2,1H3,(H,19,20). The molecule has 0 saturated heterocycles. The second-order valence-electron chi connectivity index (χ2n) is 5.42. The molecule has 1 fully saturated rings. The van der Waals surface area contributed by atoms with Crippen LogP contribution in [-0.2, 0) is 4.79 Å². The number of nitrogens with one attached hydrogen (secondary N) is 1. The highest BCUT2D eigenvalue weighted by molar-refractivity contribution is 6.00. The predicted molar refractivity (Wildman–Crippen MR) is 74.7 cm³/mol. The Labute approximate surface area is 120 Å². The Morgan fingerprint density at radius 3 is 2.71 bits per heavy atom. The van der Waals surface area contributed by atoms with Gasteiger partial charge in [-0.05, 0) is 43.5 Å². The van der Waals surface area contributed by atoms with E-state index in [1.807, 2.05) is 0 Å². The van der Waals surface area contributed by atoms with Crippen molar-refractivity contribution in [3.8, 4) is 0 Å². The lowest BCUT2D eigenvalue weighted by Crippen LogP contribution is -2.37. The molecule has 0 spiro atoms. The minimum atomic E-state index is -1.03. The summed E-state index contributed by atoms with van der Waals surface area (Å²) in [4.78, 5) is 27.6. The number of carboxylic acid groups (broad SMARTS) is 1. The van der Waals surface area contributed by atoms with Crippen LogP contribution in [0.1, 0.15) is 28.9 Å². The summed E-state index contributed by atoms with van der Waals surface area (Å²) in [5.41, 5.74) is 1.57. The van der Waals surface area contributed by atoms with E-state index in [4.69, 9.17) is 5.11 Å². The van der Waals surface area contributed by atoms with Crippen molar-refractivity contribution in [3.05, 3.63) is 35.3 Å². The van der Waals surface area contributed by atoms with Crippen LogP contribution in [0, 0.1) is 12.7 Å². The Morgan fingerprint density at radius 1 is 1.38 bits per heavy atom. The zero-order valence-corrected chi connectivity index (χ0v) is 11.5. The highest BCUT2D eigenvalue weighted by Gasteiger charge is 2.34. The minimum Gasteiger partial charge on any atom is -0.480 e. The molecule has 0 unspecified atom stereocenters. The summed E-state index contributed by atoms with van der Waals surface area (Å²) >= 11 is 0. The van der Waals surface area contributed by atoms with Crippen LogP contribution in [0.3, 0.4) is 0 Å². The molecule has 21 heavy (non-hydrogen) atoms. The van der Waals surface area contributed by atoms with E-state index in [0.717, 1.165) is 23.8 Å². The number of nitrogens with zero attached hydrogens (tertiary/aromatic N) is 1. The number of carbonyl (C=O) groups is 2. The van der Waals surface area contributed by atoms with Gasteiger partial charge < -0.3 is 15.0 Å². The molecular weight excluding hydrogens is 275 g/mol. The summed E-state index contributed by atoms with van der Waals surface area (Å²) in [5.74, 6) is -1.75. The highest BCUT2D eigenvalue weighted by Crippen LogP contribution is 2.29. The summed E-state index contributed by atoms with van der Waals surface area (Å²) in [7, 11) is 0. The minimum absolute atomic E-state index is 0.00200. The van der Waals surface area contributed by atoms with Crippen molar-refractivity contribution in [1.29, 1.82) is 0 Å². The third-order valence-electron chi connectivity index (χ3n) is 3.69. The van der Waals surface area contributed by atoms with Crippen LogP contribution < -0.4 is 0 Å². The topological polar surface area (TPSA) is 73.4 Å². The average molecular weight is 290 g/mol. The molecule has 3 rings (SSSR count). The van der Waals surface area contributed by atoms with Crippen LogP contribution in [0.5, 0.6) is 0 Å². The third-order valence-corrected chi connectivity index (χ3v) is 3.69. The van der Waals surface area contributed by atoms with Gasteiger partial charge in [0.25, 0.3) is 5.91 Å². The number of benzene rings is 1. The summed E-state index contributed by atoms with van der Waals surface area (Å²) in [6, 6.07) is 4.39. The number of fused-ring (bicyclic) bond motifs is 1. The molecule has 0 bridgehead atoms. The first-order chi connectivity index (χ1) is 9.95. The first-order valence-corrected chi connectivity index (χ1v) is 6.77. The third kappa shape index (κ3) is 2.61. The smallest absolute Gasteiger partial charge is 0.323 e. The van der Waals surface area contributed by atoms with E-state index >= 15 is 0 Å². The molecule has 110 valence electrons. The van der Waals surface area contributed by atoms with E-state index in [0.29, 0.717) is 11.2 Å². The van der Waals surface area contributed by atoms with Crippen molar-refractivity contribution < 1.29 is 19.1 Å². The SMILES string of the molecule is Cc1cc(F)cc2[nH]c(C(=O)N(CC(=O)O)C3CC3)cc12. The summed E-state index contributed by atoms with van der Waals surface area (Å²) in [6.45, 7) is 1.45. The van der Waals surface area contributed by atoms with Gasteiger partial charge in [0.1, 0.15) is 18.1 Å². The molecule has 1 heterocycles. The van der Waals surface area contributed by atoms with Gasteiger partial charge in [-0.1, -0.05) is 0 Å². The van der Waals surface area contributed by atoms with Gasteiger partial charge in [0.05, 0.1) is 0 Å². The lowest BCUT2D eigenvalue weighted by molar-refractivity contribution is -0.137. The number of carbonyl (C=O) groups excluding carboxylic acids is 1. The fraction of sp³-hybridized carbons (Fsp3) is 0.333. The first kappa shape index (κ1) is 13.6. The number of carboxylic acids is 1. The molecule has 5 nitrogen and oxygen atoms in total. The molecule has 0 aliphatic heterocycles. The molecule has 1 saturated carbocycles. The molecule has 0 atom stereocenters. The van der Waals surface area contributed by atoms with Gasteiger partial charge >= 0.3 is 5.97 Å². The van der Waals surface area contributed by atoms with Gasteiger partial charge in [-0.25, -0.2) is 4.39 Å². The van der Waals surface area contributed by atoms with E-state index < -0.39 is 5.97 Å². The van der Waals surface area contributed by atoms with E-state index in [2.05, 4.69) is 4.98 Å². The second-order valence-corrected chi connectivity index (χ2v) is 5.42. The van der Waals surface area contributed by atoms with E-state index in [1.54, 1.807) is 13.0 Å². The maximum absolute atomic E-state index is 13.4. The van der Waals surface area contributed by atoms with Crippen LogP contribution in [0.4, 0.5) is 4.39 Å². The van der Waals surface area contributed by atoms with Gasteiger partial charge in [0.2, 0.25) is 0 Å². The maximum Gasteiger partial charge on any atom is 0.323 e. The van der Waals surface area contributed by atoms with E-state index in [9.17, 15) is 14.0 Å². The lowest BCUT2D eigenvalue weighted by Gasteiger charge is -2.19. The number of H-pyrrole nitrogens is 1. The number of aryl methyl sites for hydroxylation is 1. The molecule has 1 amide bonds. The number of rotatable bonds is 4. The van der Waals surface area contributed by atoms with Crippen molar-refractivity contribution >= 4 is 22.8 Å². The van der Waals surface area contributed by atoms with Crippen LogP contribution in [-0.4, -0.2) is 39.5 Å². The van der Waals surface area contributed by atoms with Gasteiger partial charge in [-0.15, -0.1) is 0 Å². The first-order valence-electron chi connectivity index (χ1n) is 6.77. The Morgan fingerprint density at radius 2 is 2.10 bits per heavy atom. The van der Waals surface area contributed by atoms with Crippen molar-refractivity contribution in [2.45, 2.75) is 25.8 Å². The fourth-order valence-electron chi connectivity index (χ4n) is 2.54. The summed E-state index contributed by atoms with van der Waals surface area (Å²) in [5, 5.41) is 9.69. The number of hydrogen-bond acceptors (Lipinski definition) is 2. The normalized spacial score (nSPS) is 14.4. The van der Waals surface area contributed by atoms with Crippen molar-refractivity contribution in [1.82, 2.24) is 9.88 Å². The average Bonchev–Trinajstić information content (AvgIpc) is 3.14. The van der Waals surface area contributed by atoms with Crippen LogP contribution in [0.15, 0.2) is 18.2 Å². The molecule has 6 heteroatoms. The number of aliphatic carboxylic acids is 1. The predicted octanol–water partition coefficient (Wildman–Crippen LogP) is 2.30. The molecule has 1 aromatic carbocycles. The maximum atomic E-state index is 13.4. The summed E-state index contributed by atoms with van der Waals surface area (Å²) in [6.07, 6.45) is 1.65. The second kappa shape index (κ2) is 4.87. The number of amides is 1. The molecule has 1 aromatic heterocycles. The Balaban J connectivity index is 1.96. The van der Waals surface area contributed by atoms with Crippen molar-refractivity contribution in [2.75, 3.05) is 6.54 Å². The Hall–Kier alpha value is -2.37.